The number of rotatable bonds is 4. The van der Waals surface area contributed by atoms with Crippen LogP contribution in [-0.2, 0) is 6.61 Å². The first kappa shape index (κ1) is 13.6. The molecule has 0 saturated heterocycles. The van der Waals surface area contributed by atoms with Crippen LogP contribution in [0.5, 0.6) is 5.88 Å². The maximum atomic E-state index is 5.88. The Morgan fingerprint density at radius 1 is 1.05 bits per heavy atom. The monoisotopic (exact) mass is 299 g/mol. The molecule has 1 aromatic heterocycles. The lowest BCUT2D eigenvalue weighted by Gasteiger charge is -2.10. The summed E-state index contributed by atoms with van der Waals surface area (Å²) in [4.78, 5) is 8.78. The molecule has 3 rings (SSSR count). The molecule has 0 bridgehead atoms. The van der Waals surface area contributed by atoms with Gasteiger partial charge in [0.05, 0.1) is 10.9 Å². The van der Waals surface area contributed by atoms with Gasteiger partial charge in [-0.1, -0.05) is 35.9 Å². The van der Waals surface area contributed by atoms with Crippen LogP contribution >= 0.6 is 11.6 Å². The summed E-state index contributed by atoms with van der Waals surface area (Å²) < 4.78 is 5.85. The minimum atomic E-state index is 0.432. The van der Waals surface area contributed by atoms with Crippen molar-refractivity contribution in [1.29, 1.82) is 0 Å². The molecule has 21 heavy (non-hydrogen) atoms. The number of nitrogens with zero attached hydrogens (tertiary/aromatic N) is 2. The van der Waals surface area contributed by atoms with Crippen molar-refractivity contribution in [3.8, 4) is 5.88 Å². The van der Waals surface area contributed by atoms with Gasteiger partial charge in [0.1, 0.15) is 6.61 Å². The van der Waals surface area contributed by atoms with Gasteiger partial charge in [0, 0.05) is 12.1 Å². The molecule has 3 aromatic rings. The number of para-hydroxylation sites is 1. The fraction of sp³-hybridized carbons (Fsp3) is 0.125. The molecule has 5 heteroatoms. The van der Waals surface area contributed by atoms with Crippen molar-refractivity contribution >= 4 is 28.5 Å². The standard InChI is InChI=1S/C16H14ClN3O/c1-18-16-19-14-5-3-2-4-13(14)15(20-16)21-10-11-6-8-12(17)9-7-11/h2-9H,10H2,1H3,(H,18,19,20). The van der Waals surface area contributed by atoms with Gasteiger partial charge in [-0.05, 0) is 29.8 Å². The van der Waals surface area contributed by atoms with Crippen molar-refractivity contribution in [3.05, 3.63) is 59.1 Å². The third-order valence-corrected chi connectivity index (χ3v) is 3.33. The average Bonchev–Trinajstić information content (AvgIpc) is 2.53. The van der Waals surface area contributed by atoms with Crippen molar-refractivity contribution in [2.45, 2.75) is 6.61 Å². The largest absolute Gasteiger partial charge is 0.472 e. The zero-order valence-electron chi connectivity index (χ0n) is 11.5. The lowest BCUT2D eigenvalue weighted by atomic mass is 10.2. The molecule has 0 aliphatic rings. The zero-order valence-corrected chi connectivity index (χ0v) is 12.3. The van der Waals surface area contributed by atoms with Crippen molar-refractivity contribution in [2.24, 2.45) is 0 Å². The van der Waals surface area contributed by atoms with E-state index in [0.29, 0.717) is 23.5 Å². The highest BCUT2D eigenvalue weighted by Gasteiger charge is 2.08. The van der Waals surface area contributed by atoms with E-state index in [4.69, 9.17) is 16.3 Å². The molecule has 0 amide bonds. The molecule has 0 fully saturated rings. The molecule has 1 heterocycles. The molecule has 0 radical (unpaired) electrons. The number of hydrogen-bond donors (Lipinski definition) is 1. The van der Waals surface area contributed by atoms with E-state index in [1.165, 1.54) is 0 Å². The molecule has 0 unspecified atom stereocenters. The third-order valence-electron chi connectivity index (χ3n) is 3.08. The van der Waals surface area contributed by atoms with Crippen molar-refractivity contribution in [3.63, 3.8) is 0 Å². The predicted molar refractivity (Wildman–Crippen MR) is 84.9 cm³/mol. The Morgan fingerprint density at radius 2 is 1.81 bits per heavy atom. The highest BCUT2D eigenvalue weighted by molar-refractivity contribution is 6.30. The van der Waals surface area contributed by atoms with Crippen LogP contribution < -0.4 is 10.1 Å². The summed E-state index contributed by atoms with van der Waals surface area (Å²) in [6.45, 7) is 0.432. The van der Waals surface area contributed by atoms with Crippen LogP contribution in [0.1, 0.15) is 5.56 Å². The number of halogens is 1. The maximum Gasteiger partial charge on any atom is 0.226 e. The summed E-state index contributed by atoms with van der Waals surface area (Å²) in [5.74, 6) is 1.11. The van der Waals surface area contributed by atoms with E-state index in [9.17, 15) is 0 Å². The van der Waals surface area contributed by atoms with Crippen LogP contribution in [0.2, 0.25) is 5.02 Å². The minimum absolute atomic E-state index is 0.432. The lowest BCUT2D eigenvalue weighted by Crippen LogP contribution is -2.02. The van der Waals surface area contributed by atoms with Crippen molar-refractivity contribution in [1.82, 2.24) is 9.97 Å². The van der Waals surface area contributed by atoms with Gasteiger partial charge in [-0.15, -0.1) is 0 Å². The van der Waals surface area contributed by atoms with Gasteiger partial charge in [0.15, 0.2) is 0 Å². The van der Waals surface area contributed by atoms with Gasteiger partial charge in [-0.25, -0.2) is 4.98 Å². The van der Waals surface area contributed by atoms with Crippen LogP contribution in [0.15, 0.2) is 48.5 Å². The van der Waals surface area contributed by atoms with Crippen LogP contribution in [-0.4, -0.2) is 17.0 Å². The smallest absolute Gasteiger partial charge is 0.226 e. The Hall–Kier alpha value is -2.33. The Balaban J connectivity index is 1.90. The SMILES string of the molecule is CNc1nc(OCc2ccc(Cl)cc2)c2ccccc2n1. The fourth-order valence-corrected chi connectivity index (χ4v) is 2.13. The summed E-state index contributed by atoms with van der Waals surface area (Å²) in [7, 11) is 1.78. The lowest BCUT2D eigenvalue weighted by molar-refractivity contribution is 0.298. The van der Waals surface area contributed by atoms with E-state index in [1.54, 1.807) is 7.05 Å². The second kappa shape index (κ2) is 5.97. The molecule has 4 nitrogen and oxygen atoms in total. The van der Waals surface area contributed by atoms with E-state index in [2.05, 4.69) is 15.3 Å². The van der Waals surface area contributed by atoms with Gasteiger partial charge in [-0.3, -0.25) is 0 Å². The summed E-state index contributed by atoms with van der Waals surface area (Å²) in [5, 5.41) is 4.55. The molecule has 0 aliphatic heterocycles. The van der Waals surface area contributed by atoms with E-state index < -0.39 is 0 Å². The van der Waals surface area contributed by atoms with Gasteiger partial charge < -0.3 is 10.1 Å². The second-order valence-corrected chi connectivity index (χ2v) is 4.97. The Labute approximate surface area is 127 Å². The van der Waals surface area contributed by atoms with Crippen LogP contribution in [0, 0.1) is 0 Å². The number of aromatic nitrogens is 2. The number of ether oxygens (including phenoxy) is 1. The van der Waals surface area contributed by atoms with Gasteiger partial charge in [0.2, 0.25) is 11.8 Å². The number of fused-ring (bicyclic) bond motifs is 1. The summed E-state index contributed by atoms with van der Waals surface area (Å²) in [5.41, 5.74) is 1.89. The Morgan fingerprint density at radius 3 is 2.57 bits per heavy atom. The first-order valence-electron chi connectivity index (χ1n) is 6.58. The van der Waals surface area contributed by atoms with Gasteiger partial charge in [0.25, 0.3) is 0 Å². The topological polar surface area (TPSA) is 47.0 Å². The van der Waals surface area contributed by atoms with E-state index in [-0.39, 0.29) is 0 Å². The number of hydrogen-bond acceptors (Lipinski definition) is 4. The normalized spacial score (nSPS) is 10.6. The van der Waals surface area contributed by atoms with Crippen LogP contribution in [0.3, 0.4) is 0 Å². The molecular formula is C16H14ClN3O. The van der Waals surface area contributed by atoms with E-state index in [0.717, 1.165) is 16.5 Å². The summed E-state index contributed by atoms with van der Waals surface area (Å²) in [6, 6.07) is 15.3. The number of anilines is 1. The Bertz CT molecular complexity index is 759. The molecule has 0 atom stereocenters. The maximum absolute atomic E-state index is 5.88. The first-order chi connectivity index (χ1) is 10.3. The molecule has 106 valence electrons. The van der Waals surface area contributed by atoms with Crippen molar-refractivity contribution < 1.29 is 4.74 Å². The van der Waals surface area contributed by atoms with Crippen molar-refractivity contribution in [2.75, 3.05) is 12.4 Å². The quantitative estimate of drug-likeness (QED) is 0.793. The molecular weight excluding hydrogens is 286 g/mol. The molecule has 0 spiro atoms. The summed E-state index contributed by atoms with van der Waals surface area (Å²) in [6.07, 6.45) is 0. The van der Waals surface area contributed by atoms with E-state index >= 15 is 0 Å². The third kappa shape index (κ3) is 3.06. The number of benzene rings is 2. The molecule has 0 aliphatic carbocycles. The molecule has 2 aromatic carbocycles. The van der Waals surface area contributed by atoms with Gasteiger partial charge >= 0.3 is 0 Å². The predicted octanol–water partition coefficient (Wildman–Crippen LogP) is 3.90. The number of nitrogens with one attached hydrogen (secondary N) is 1. The van der Waals surface area contributed by atoms with Gasteiger partial charge in [-0.2, -0.15) is 4.98 Å². The second-order valence-electron chi connectivity index (χ2n) is 4.53. The van der Waals surface area contributed by atoms with Crippen LogP contribution in [0.4, 0.5) is 5.95 Å². The minimum Gasteiger partial charge on any atom is -0.472 e. The molecule has 1 N–H and O–H groups in total. The average molecular weight is 300 g/mol. The summed E-state index contributed by atoms with van der Waals surface area (Å²) >= 11 is 5.88. The molecule has 0 saturated carbocycles. The fourth-order valence-electron chi connectivity index (χ4n) is 2.00. The Kier molecular flexibility index (Phi) is 3.88. The highest BCUT2D eigenvalue weighted by atomic mass is 35.5. The van der Waals surface area contributed by atoms with E-state index in [1.807, 2.05) is 48.5 Å². The first-order valence-corrected chi connectivity index (χ1v) is 6.96. The zero-order chi connectivity index (χ0) is 14.7. The van der Waals surface area contributed by atoms with Crippen LogP contribution in [0.25, 0.3) is 10.9 Å². The highest BCUT2D eigenvalue weighted by Crippen LogP contribution is 2.24.